The van der Waals surface area contributed by atoms with Crippen LogP contribution in [0, 0.1) is 11.6 Å². The highest BCUT2D eigenvalue weighted by Gasteiger charge is 2.36. The molecule has 180 valence electrons. The molecule has 1 aromatic heterocycles. The normalized spacial score (nSPS) is 11.9. The molecular weight excluding hydrogens is 456 g/mol. The van der Waals surface area contributed by atoms with Gasteiger partial charge in [-0.05, 0) is 30.3 Å². The highest BCUT2D eigenvalue weighted by atomic mass is 19.1. The van der Waals surface area contributed by atoms with Crippen LogP contribution in [0.25, 0.3) is 11.0 Å². The summed E-state index contributed by atoms with van der Waals surface area (Å²) in [5.41, 5.74) is 0.904. The first-order valence-corrected chi connectivity index (χ1v) is 10.9. The van der Waals surface area contributed by atoms with Crippen molar-refractivity contribution in [2.45, 2.75) is 12.6 Å². The number of aromatic nitrogens is 3. The molecule has 0 saturated heterocycles. The summed E-state index contributed by atoms with van der Waals surface area (Å²) >= 11 is 0. The molecule has 1 N–H and O–H groups in total. The molecule has 0 radical (unpaired) electrons. The van der Waals surface area contributed by atoms with E-state index in [0.29, 0.717) is 11.0 Å². The Balaban J connectivity index is 1.81. The summed E-state index contributed by atoms with van der Waals surface area (Å²) in [5, 5.41) is 10.7. The molecule has 0 unspecified atom stereocenters. The van der Waals surface area contributed by atoms with E-state index in [0.717, 1.165) is 4.90 Å². The number of hydrogen-bond acceptors (Lipinski definition) is 5. The van der Waals surface area contributed by atoms with Crippen LogP contribution < -0.4 is 10.2 Å². The van der Waals surface area contributed by atoms with E-state index in [1.165, 1.54) is 54.3 Å². The lowest BCUT2D eigenvalue weighted by Gasteiger charge is -2.32. The predicted octanol–water partition coefficient (Wildman–Crippen LogP) is 3.25. The number of para-hydroxylation sites is 2. The van der Waals surface area contributed by atoms with Crippen LogP contribution in [0.2, 0.25) is 0 Å². The van der Waals surface area contributed by atoms with Crippen LogP contribution in [-0.2, 0) is 20.9 Å². The quantitative estimate of drug-likeness (QED) is 0.373. The summed E-state index contributed by atoms with van der Waals surface area (Å²) < 4.78 is 36.3. The van der Waals surface area contributed by atoms with Gasteiger partial charge in [0.2, 0.25) is 11.8 Å². The molecule has 1 atom stereocenters. The Hall–Kier alpha value is -4.18. The summed E-state index contributed by atoms with van der Waals surface area (Å²) in [6.45, 7) is -0.0349. The highest BCUT2D eigenvalue weighted by Crippen LogP contribution is 2.31. The maximum atomic E-state index is 15.0. The number of fused-ring (bicyclic) bond motifs is 1. The van der Waals surface area contributed by atoms with Gasteiger partial charge in [-0.3, -0.25) is 14.5 Å². The number of ether oxygens (including phenoxy) is 1. The molecule has 35 heavy (non-hydrogen) atoms. The average Bonchev–Trinajstić information content (AvgIpc) is 3.26. The number of rotatable bonds is 9. The van der Waals surface area contributed by atoms with Crippen molar-refractivity contribution in [1.29, 1.82) is 0 Å². The van der Waals surface area contributed by atoms with Crippen molar-refractivity contribution in [1.82, 2.24) is 20.3 Å². The van der Waals surface area contributed by atoms with Gasteiger partial charge in [0.1, 0.15) is 29.7 Å². The summed E-state index contributed by atoms with van der Waals surface area (Å²) in [7, 11) is 1.47. The van der Waals surface area contributed by atoms with Gasteiger partial charge in [-0.1, -0.05) is 47.7 Å². The van der Waals surface area contributed by atoms with E-state index in [2.05, 4.69) is 15.6 Å². The van der Waals surface area contributed by atoms with Gasteiger partial charge in [0.15, 0.2) is 0 Å². The van der Waals surface area contributed by atoms with Crippen molar-refractivity contribution in [3.05, 3.63) is 90.0 Å². The average molecular weight is 479 g/mol. The second-order valence-corrected chi connectivity index (χ2v) is 7.66. The van der Waals surface area contributed by atoms with Crippen LogP contribution in [0.5, 0.6) is 0 Å². The fourth-order valence-electron chi connectivity index (χ4n) is 3.77. The van der Waals surface area contributed by atoms with Crippen molar-refractivity contribution in [2.24, 2.45) is 0 Å². The van der Waals surface area contributed by atoms with Gasteiger partial charge in [-0.25, -0.2) is 13.5 Å². The molecule has 1 heterocycles. The third-order valence-corrected chi connectivity index (χ3v) is 5.40. The van der Waals surface area contributed by atoms with Gasteiger partial charge >= 0.3 is 0 Å². The molecule has 10 heteroatoms. The van der Waals surface area contributed by atoms with Gasteiger partial charge in [-0.2, -0.15) is 0 Å². The van der Waals surface area contributed by atoms with Gasteiger partial charge in [0.05, 0.1) is 17.8 Å². The fourth-order valence-corrected chi connectivity index (χ4v) is 3.77. The predicted molar refractivity (Wildman–Crippen MR) is 125 cm³/mol. The number of carbonyl (C=O) groups excluding carboxylic acids is 2. The van der Waals surface area contributed by atoms with E-state index in [1.54, 1.807) is 30.3 Å². The lowest BCUT2D eigenvalue weighted by atomic mass is 10.0. The second-order valence-electron chi connectivity index (χ2n) is 7.66. The largest absolute Gasteiger partial charge is 0.383 e. The summed E-state index contributed by atoms with van der Waals surface area (Å²) in [4.78, 5) is 28.0. The molecule has 0 aliphatic carbocycles. The molecule has 0 aliphatic heterocycles. The van der Waals surface area contributed by atoms with Gasteiger partial charge in [0, 0.05) is 19.2 Å². The fraction of sp³-hybridized carbons (Fsp3) is 0.200. The van der Waals surface area contributed by atoms with E-state index in [-0.39, 0.29) is 30.9 Å². The summed E-state index contributed by atoms with van der Waals surface area (Å²) in [6.07, 6.45) is 0. The zero-order valence-corrected chi connectivity index (χ0v) is 18.9. The number of amides is 2. The van der Waals surface area contributed by atoms with Crippen LogP contribution in [0.4, 0.5) is 14.5 Å². The molecule has 4 rings (SSSR count). The van der Waals surface area contributed by atoms with Crippen LogP contribution in [0.3, 0.4) is 0 Å². The molecule has 0 saturated carbocycles. The summed E-state index contributed by atoms with van der Waals surface area (Å²) in [5.74, 6) is -2.82. The highest BCUT2D eigenvalue weighted by molar-refractivity contribution is 6.01. The van der Waals surface area contributed by atoms with E-state index >= 15 is 4.39 Å². The topological polar surface area (TPSA) is 89.4 Å². The maximum absolute atomic E-state index is 15.0. The van der Waals surface area contributed by atoms with Crippen LogP contribution in [0.15, 0.2) is 72.8 Å². The number of carbonyl (C=O) groups is 2. The minimum absolute atomic E-state index is 0.0810. The van der Waals surface area contributed by atoms with Crippen molar-refractivity contribution < 1.29 is 23.1 Å². The third-order valence-electron chi connectivity index (χ3n) is 5.40. The smallest absolute Gasteiger partial charge is 0.249 e. The monoisotopic (exact) mass is 479 g/mol. The number of hydrogen-bond donors (Lipinski definition) is 1. The van der Waals surface area contributed by atoms with Crippen LogP contribution in [0.1, 0.15) is 11.6 Å². The Bertz CT molecular complexity index is 1340. The SMILES string of the molecule is COCCNC(=O)[C@H](c1ccccc1F)N(C(=O)Cn1nnc2ccccc21)c1ccccc1F. The van der Waals surface area contributed by atoms with Crippen molar-refractivity contribution >= 4 is 28.5 Å². The molecule has 0 bridgehead atoms. The van der Waals surface area contributed by atoms with E-state index in [9.17, 15) is 14.0 Å². The minimum Gasteiger partial charge on any atom is -0.383 e. The third kappa shape index (κ3) is 5.17. The Morgan fingerprint density at radius 2 is 1.69 bits per heavy atom. The van der Waals surface area contributed by atoms with E-state index < -0.39 is 29.5 Å². The van der Waals surface area contributed by atoms with Crippen molar-refractivity contribution in [3.63, 3.8) is 0 Å². The molecule has 0 aliphatic rings. The molecule has 0 fully saturated rings. The van der Waals surface area contributed by atoms with Crippen molar-refractivity contribution in [3.8, 4) is 0 Å². The van der Waals surface area contributed by atoms with Crippen LogP contribution >= 0.6 is 0 Å². The van der Waals surface area contributed by atoms with Gasteiger partial charge in [0.25, 0.3) is 0 Å². The first-order chi connectivity index (χ1) is 17.0. The molecule has 3 aromatic carbocycles. The first-order valence-electron chi connectivity index (χ1n) is 10.9. The summed E-state index contributed by atoms with van der Waals surface area (Å²) in [6, 6.07) is 16.6. The lowest BCUT2D eigenvalue weighted by Crippen LogP contribution is -2.46. The number of benzene rings is 3. The van der Waals surface area contributed by atoms with E-state index in [4.69, 9.17) is 4.74 Å². The maximum Gasteiger partial charge on any atom is 0.249 e. The number of anilines is 1. The molecule has 2 amide bonds. The Kier molecular flexibility index (Phi) is 7.41. The van der Waals surface area contributed by atoms with Gasteiger partial charge < -0.3 is 10.1 Å². The van der Waals surface area contributed by atoms with Crippen molar-refractivity contribution in [2.75, 3.05) is 25.2 Å². The Labute approximate surface area is 200 Å². The Morgan fingerprint density at radius 3 is 2.43 bits per heavy atom. The second kappa shape index (κ2) is 10.8. The Morgan fingerprint density at radius 1 is 1.00 bits per heavy atom. The zero-order valence-electron chi connectivity index (χ0n) is 18.9. The molecule has 4 aromatic rings. The van der Waals surface area contributed by atoms with Crippen LogP contribution in [-0.4, -0.2) is 47.1 Å². The number of nitrogens with one attached hydrogen (secondary N) is 1. The number of methoxy groups -OCH3 is 1. The number of halogens is 2. The zero-order chi connectivity index (χ0) is 24.8. The molecule has 8 nitrogen and oxygen atoms in total. The number of nitrogens with zero attached hydrogens (tertiary/aromatic N) is 4. The minimum atomic E-state index is -1.49. The molecule has 0 spiro atoms. The van der Waals surface area contributed by atoms with E-state index in [1.807, 2.05) is 0 Å². The standard InChI is InChI=1S/C25H23F2N5O3/c1-35-15-14-28-25(34)24(17-8-2-3-9-18(17)26)32(21-12-6-4-10-19(21)27)23(33)16-31-22-13-7-5-11-20(22)29-30-31/h2-13,24H,14-16H2,1H3,(H,28,34)/t24-/m0/s1. The first kappa shape index (κ1) is 24.0. The van der Waals surface area contributed by atoms with Gasteiger partial charge in [-0.15, -0.1) is 5.10 Å². The lowest BCUT2D eigenvalue weighted by molar-refractivity contribution is -0.127. The molecular formula is C25H23F2N5O3.